The quantitative estimate of drug-likeness (QED) is 0.723. The lowest BCUT2D eigenvalue weighted by atomic mass is 10.1. The van der Waals surface area contributed by atoms with Crippen LogP contribution >= 0.6 is 11.3 Å². The van der Waals surface area contributed by atoms with Crippen molar-refractivity contribution in [2.75, 3.05) is 11.4 Å². The normalized spacial score (nSPS) is 11.7. The first-order valence-corrected chi connectivity index (χ1v) is 10.3. The van der Waals surface area contributed by atoms with Gasteiger partial charge < -0.3 is 9.55 Å². The second-order valence-corrected chi connectivity index (χ2v) is 9.23. The predicted molar refractivity (Wildman–Crippen MR) is 103 cm³/mol. The third-order valence-electron chi connectivity index (χ3n) is 4.24. The highest BCUT2D eigenvalue weighted by Crippen LogP contribution is 2.34. The summed E-state index contributed by atoms with van der Waals surface area (Å²) >= 11 is 1.17. The van der Waals surface area contributed by atoms with Crippen LogP contribution in [0, 0.1) is 6.92 Å². The van der Waals surface area contributed by atoms with Crippen LogP contribution in [0.3, 0.4) is 0 Å². The van der Waals surface area contributed by atoms with Crippen LogP contribution in [0.25, 0.3) is 10.4 Å². The fourth-order valence-electron chi connectivity index (χ4n) is 2.69. The van der Waals surface area contributed by atoms with Gasteiger partial charge in [-0.3, -0.25) is 4.79 Å². The Kier molecular flexibility index (Phi) is 4.76. The van der Waals surface area contributed by atoms with Crippen LogP contribution in [0.2, 0.25) is 0 Å². The highest BCUT2D eigenvalue weighted by Gasteiger charge is 2.26. The van der Waals surface area contributed by atoms with Crippen LogP contribution in [0.15, 0.2) is 39.6 Å². The molecule has 26 heavy (non-hydrogen) atoms. The van der Waals surface area contributed by atoms with Crippen molar-refractivity contribution in [3.63, 3.8) is 0 Å². The maximum absolute atomic E-state index is 12.9. The Bertz CT molecular complexity index is 1110. The summed E-state index contributed by atoms with van der Waals surface area (Å²) in [5.41, 5.74) is 2.13. The largest absolute Gasteiger partial charge is 0.326 e. The fraction of sp³-hybridized carbons (Fsp3) is 0.294. The number of pyridine rings is 1. The van der Waals surface area contributed by atoms with E-state index in [0.29, 0.717) is 17.9 Å². The van der Waals surface area contributed by atoms with Gasteiger partial charge >= 0.3 is 0 Å². The number of aromatic amines is 1. The lowest BCUT2D eigenvalue weighted by Gasteiger charge is -2.17. The Labute approximate surface area is 156 Å². The molecule has 0 saturated carbocycles. The second kappa shape index (κ2) is 6.73. The summed E-state index contributed by atoms with van der Waals surface area (Å²) in [6.07, 6.45) is 3.86. The average Bonchev–Trinajstić information content (AvgIpc) is 3.23. The summed E-state index contributed by atoms with van der Waals surface area (Å²) in [5, 5.41) is 0. The van der Waals surface area contributed by atoms with E-state index in [0.717, 1.165) is 16.1 Å². The highest BCUT2D eigenvalue weighted by molar-refractivity contribution is 7.94. The van der Waals surface area contributed by atoms with E-state index in [1.165, 1.54) is 22.7 Å². The summed E-state index contributed by atoms with van der Waals surface area (Å²) in [6.45, 7) is 3.72. The molecule has 3 heterocycles. The molecule has 0 fully saturated rings. The number of H-pyrrole nitrogens is 1. The zero-order chi connectivity index (χ0) is 19.1. The molecule has 0 aromatic carbocycles. The zero-order valence-corrected chi connectivity index (χ0v) is 16.6. The number of aryl methyl sites for hydroxylation is 3. The van der Waals surface area contributed by atoms with Gasteiger partial charge in [-0.2, -0.15) is 0 Å². The minimum absolute atomic E-state index is 0.104. The number of rotatable bonds is 5. The third-order valence-corrected chi connectivity index (χ3v) is 7.56. The molecule has 0 aliphatic heterocycles. The van der Waals surface area contributed by atoms with Gasteiger partial charge in [-0.15, -0.1) is 11.3 Å². The average molecular weight is 393 g/mol. The molecule has 0 unspecified atom stereocenters. The molecule has 3 aromatic rings. The van der Waals surface area contributed by atoms with Crippen molar-refractivity contribution in [3.8, 4) is 10.4 Å². The van der Waals surface area contributed by atoms with E-state index < -0.39 is 10.0 Å². The minimum atomic E-state index is -3.71. The molecule has 3 rings (SSSR count). The molecule has 0 aliphatic rings. The third kappa shape index (κ3) is 3.08. The van der Waals surface area contributed by atoms with Crippen LogP contribution in [-0.2, 0) is 23.5 Å². The Balaban J connectivity index is 2.03. The summed E-state index contributed by atoms with van der Waals surface area (Å²) < 4.78 is 28.9. The first-order chi connectivity index (χ1) is 12.3. The molecule has 1 N–H and O–H groups in total. The zero-order valence-electron chi connectivity index (χ0n) is 15.0. The SMILES string of the molecule is CCc1cc(-c2ccc(S(=O)(=O)N(C)c3nccn3C)s2)c(C)[nH]c1=O. The van der Waals surface area contributed by atoms with Crippen molar-refractivity contribution in [3.05, 3.63) is 52.2 Å². The van der Waals surface area contributed by atoms with Crippen molar-refractivity contribution in [2.45, 2.75) is 24.5 Å². The van der Waals surface area contributed by atoms with E-state index in [9.17, 15) is 13.2 Å². The molecule has 0 saturated heterocycles. The summed E-state index contributed by atoms with van der Waals surface area (Å²) in [4.78, 5) is 19.6. The first kappa shape index (κ1) is 18.4. The van der Waals surface area contributed by atoms with E-state index in [1.54, 1.807) is 36.1 Å². The maximum atomic E-state index is 12.9. The number of aromatic nitrogens is 3. The molecule has 0 atom stereocenters. The Hall–Kier alpha value is -2.39. The molecule has 0 bridgehead atoms. The van der Waals surface area contributed by atoms with Gasteiger partial charge in [-0.25, -0.2) is 17.7 Å². The van der Waals surface area contributed by atoms with Crippen molar-refractivity contribution >= 4 is 27.3 Å². The van der Waals surface area contributed by atoms with E-state index >= 15 is 0 Å². The molecule has 0 spiro atoms. The summed E-state index contributed by atoms with van der Waals surface area (Å²) in [6, 6.07) is 5.19. The number of nitrogens with zero attached hydrogens (tertiary/aromatic N) is 3. The van der Waals surface area contributed by atoms with Gasteiger partial charge in [-0.1, -0.05) is 6.92 Å². The van der Waals surface area contributed by atoms with Gasteiger partial charge in [0, 0.05) is 48.2 Å². The van der Waals surface area contributed by atoms with Gasteiger partial charge in [0.05, 0.1) is 0 Å². The van der Waals surface area contributed by atoms with Gasteiger partial charge in [0.25, 0.3) is 15.6 Å². The highest BCUT2D eigenvalue weighted by atomic mass is 32.2. The molecule has 7 nitrogen and oxygen atoms in total. The number of nitrogens with one attached hydrogen (secondary N) is 1. The molecule has 0 aliphatic carbocycles. The molecule has 9 heteroatoms. The lowest BCUT2D eigenvalue weighted by Crippen LogP contribution is -2.28. The van der Waals surface area contributed by atoms with E-state index in [-0.39, 0.29) is 9.77 Å². The smallest absolute Gasteiger partial charge is 0.275 e. The van der Waals surface area contributed by atoms with Crippen LogP contribution in [0.4, 0.5) is 5.95 Å². The van der Waals surface area contributed by atoms with E-state index in [4.69, 9.17) is 0 Å². The maximum Gasteiger partial charge on any atom is 0.275 e. The topological polar surface area (TPSA) is 88.1 Å². The molecular formula is C17H20N4O3S2. The number of thiophene rings is 1. The Morgan fingerprint density at radius 1 is 1.35 bits per heavy atom. The van der Waals surface area contributed by atoms with Gasteiger partial charge in [0.15, 0.2) is 0 Å². The van der Waals surface area contributed by atoms with E-state index in [2.05, 4.69) is 9.97 Å². The van der Waals surface area contributed by atoms with Crippen molar-refractivity contribution in [1.29, 1.82) is 0 Å². The number of anilines is 1. The molecule has 0 radical (unpaired) electrons. The van der Waals surface area contributed by atoms with E-state index in [1.807, 2.05) is 19.9 Å². The standard InChI is InChI=1S/C17H20N4O3S2/c1-5-12-10-13(11(2)19-16(12)22)14-6-7-15(25-14)26(23,24)21(4)17-18-8-9-20(17)3/h6-10H,5H2,1-4H3,(H,19,22). The number of hydrogen-bond acceptors (Lipinski definition) is 5. The number of imidazole rings is 1. The summed E-state index contributed by atoms with van der Waals surface area (Å²) in [7, 11) is -0.488. The van der Waals surface area contributed by atoms with Crippen molar-refractivity contribution in [1.82, 2.24) is 14.5 Å². The molecular weight excluding hydrogens is 372 g/mol. The second-order valence-electron chi connectivity index (χ2n) is 5.95. The molecule has 138 valence electrons. The minimum Gasteiger partial charge on any atom is -0.326 e. The number of sulfonamides is 1. The van der Waals surface area contributed by atoms with Crippen molar-refractivity contribution < 1.29 is 8.42 Å². The van der Waals surface area contributed by atoms with Crippen LogP contribution < -0.4 is 9.86 Å². The monoisotopic (exact) mass is 392 g/mol. The molecule has 0 amide bonds. The number of hydrogen-bond donors (Lipinski definition) is 1. The summed E-state index contributed by atoms with van der Waals surface area (Å²) in [5.74, 6) is 0.341. The Morgan fingerprint density at radius 3 is 2.69 bits per heavy atom. The molecule has 3 aromatic heterocycles. The van der Waals surface area contributed by atoms with Crippen LogP contribution in [0.1, 0.15) is 18.2 Å². The fourth-order valence-corrected chi connectivity index (χ4v) is 5.43. The lowest BCUT2D eigenvalue weighted by molar-refractivity contribution is 0.594. The van der Waals surface area contributed by atoms with Crippen molar-refractivity contribution in [2.24, 2.45) is 7.05 Å². The first-order valence-electron chi connectivity index (χ1n) is 8.05. The van der Waals surface area contributed by atoms with Gasteiger partial charge in [0.1, 0.15) is 4.21 Å². The van der Waals surface area contributed by atoms with Crippen LogP contribution in [0.5, 0.6) is 0 Å². The van der Waals surface area contributed by atoms with Crippen LogP contribution in [-0.4, -0.2) is 30.0 Å². The van der Waals surface area contributed by atoms with Gasteiger partial charge in [-0.05, 0) is 31.5 Å². The predicted octanol–water partition coefficient (Wildman–Crippen LogP) is 2.53. The van der Waals surface area contributed by atoms with Gasteiger partial charge in [0.2, 0.25) is 5.95 Å². The Morgan fingerprint density at radius 2 is 2.08 bits per heavy atom.